The first-order valence-electron chi connectivity index (χ1n) is 7.38. The van der Waals surface area contributed by atoms with E-state index in [1.165, 1.54) is 17.7 Å². The minimum atomic E-state index is 0.307. The lowest BCUT2D eigenvalue weighted by molar-refractivity contribution is 0.418. The molecular weight excluding hydrogens is 232 g/mol. The van der Waals surface area contributed by atoms with Crippen LogP contribution in [0.1, 0.15) is 52.6 Å². The first-order chi connectivity index (χ1) is 8.85. The van der Waals surface area contributed by atoms with Crippen molar-refractivity contribution in [3.8, 4) is 0 Å². The fraction of sp³-hybridized carbons (Fsp3) is 0.647. The van der Waals surface area contributed by atoms with Gasteiger partial charge in [-0.05, 0) is 36.9 Å². The number of benzene rings is 1. The fourth-order valence-corrected chi connectivity index (χ4v) is 2.47. The van der Waals surface area contributed by atoms with Crippen molar-refractivity contribution in [2.45, 2.75) is 47.1 Å². The van der Waals surface area contributed by atoms with Crippen molar-refractivity contribution in [1.82, 2.24) is 5.32 Å². The van der Waals surface area contributed by atoms with Gasteiger partial charge in [-0.2, -0.15) is 0 Å². The Kier molecular flexibility index (Phi) is 5.86. The van der Waals surface area contributed by atoms with Crippen molar-refractivity contribution in [3.63, 3.8) is 0 Å². The Hall–Kier alpha value is -1.02. The van der Waals surface area contributed by atoms with Gasteiger partial charge in [-0.3, -0.25) is 0 Å². The molecule has 0 heterocycles. The van der Waals surface area contributed by atoms with E-state index in [4.69, 9.17) is 0 Å². The van der Waals surface area contributed by atoms with Crippen molar-refractivity contribution < 1.29 is 0 Å². The molecule has 0 saturated carbocycles. The van der Waals surface area contributed by atoms with Crippen LogP contribution >= 0.6 is 0 Å². The third kappa shape index (κ3) is 5.23. The van der Waals surface area contributed by atoms with Gasteiger partial charge in [-0.15, -0.1) is 0 Å². The highest BCUT2D eigenvalue weighted by Gasteiger charge is 2.17. The predicted octanol–water partition coefficient (Wildman–Crippen LogP) is 4.23. The molecule has 1 atom stereocenters. The second-order valence-corrected chi connectivity index (χ2v) is 6.65. The molecule has 1 unspecified atom stereocenters. The fourth-order valence-electron chi connectivity index (χ4n) is 2.47. The highest BCUT2D eigenvalue weighted by Crippen LogP contribution is 2.27. The van der Waals surface area contributed by atoms with E-state index >= 15 is 0 Å². The maximum Gasteiger partial charge on any atom is 0.0412 e. The van der Waals surface area contributed by atoms with Gasteiger partial charge in [0.2, 0.25) is 0 Å². The molecule has 0 spiro atoms. The van der Waals surface area contributed by atoms with Gasteiger partial charge in [0.1, 0.15) is 0 Å². The second kappa shape index (κ2) is 6.95. The number of anilines is 1. The van der Waals surface area contributed by atoms with E-state index in [2.05, 4.69) is 76.1 Å². The Morgan fingerprint density at radius 3 is 2.42 bits per heavy atom. The molecule has 2 nitrogen and oxygen atoms in total. The number of nitrogens with zero attached hydrogens (tertiary/aromatic N) is 1. The van der Waals surface area contributed by atoms with Gasteiger partial charge < -0.3 is 10.2 Å². The highest BCUT2D eigenvalue weighted by atomic mass is 15.1. The normalized spacial score (nSPS) is 13.4. The zero-order valence-electron chi connectivity index (χ0n) is 13.5. The number of para-hydroxylation sites is 1. The monoisotopic (exact) mass is 262 g/mol. The molecule has 0 saturated heterocycles. The minimum absolute atomic E-state index is 0.307. The van der Waals surface area contributed by atoms with E-state index in [0.29, 0.717) is 11.5 Å². The zero-order chi connectivity index (χ0) is 14.5. The van der Waals surface area contributed by atoms with E-state index < -0.39 is 0 Å². The summed E-state index contributed by atoms with van der Waals surface area (Å²) in [6.45, 7) is 13.4. The number of hydrogen-bond donors (Lipinski definition) is 1. The van der Waals surface area contributed by atoms with Crippen LogP contribution in [0.2, 0.25) is 0 Å². The Balaban J connectivity index is 2.88. The summed E-state index contributed by atoms with van der Waals surface area (Å²) in [6.07, 6.45) is 1.17. The van der Waals surface area contributed by atoms with E-state index in [0.717, 1.165) is 13.1 Å². The molecule has 0 aliphatic rings. The molecule has 2 heteroatoms. The average molecular weight is 262 g/mol. The number of nitrogens with one attached hydrogen (secondary N) is 1. The van der Waals surface area contributed by atoms with Gasteiger partial charge in [-0.25, -0.2) is 0 Å². The summed E-state index contributed by atoms with van der Waals surface area (Å²) in [5.41, 5.74) is 3.04. The smallest absolute Gasteiger partial charge is 0.0412 e. The van der Waals surface area contributed by atoms with Crippen molar-refractivity contribution >= 4 is 5.69 Å². The third-order valence-electron chi connectivity index (χ3n) is 3.23. The molecule has 1 N–H and O–H groups in total. The topological polar surface area (TPSA) is 15.3 Å². The van der Waals surface area contributed by atoms with Gasteiger partial charge >= 0.3 is 0 Å². The molecule has 0 bridgehead atoms. The van der Waals surface area contributed by atoms with Gasteiger partial charge in [-0.1, -0.05) is 45.9 Å². The second-order valence-electron chi connectivity index (χ2n) is 6.65. The summed E-state index contributed by atoms with van der Waals surface area (Å²) in [5, 5.41) is 3.58. The van der Waals surface area contributed by atoms with Crippen molar-refractivity contribution in [1.29, 1.82) is 0 Å². The highest BCUT2D eigenvalue weighted by molar-refractivity contribution is 5.54. The molecular formula is C17H30N2. The summed E-state index contributed by atoms with van der Waals surface area (Å²) in [7, 11) is 2.19. The van der Waals surface area contributed by atoms with Crippen LogP contribution in [-0.4, -0.2) is 20.1 Å². The molecule has 108 valence electrons. The van der Waals surface area contributed by atoms with Crippen LogP contribution in [0.5, 0.6) is 0 Å². The molecule has 1 rings (SSSR count). The average Bonchev–Trinajstić information content (AvgIpc) is 2.34. The molecule has 1 aromatic rings. The molecule has 0 amide bonds. The molecule has 0 aliphatic heterocycles. The summed E-state index contributed by atoms with van der Waals surface area (Å²) >= 11 is 0. The van der Waals surface area contributed by atoms with Gasteiger partial charge in [0, 0.05) is 25.3 Å². The van der Waals surface area contributed by atoms with Gasteiger partial charge in [0.15, 0.2) is 0 Å². The van der Waals surface area contributed by atoms with Crippen molar-refractivity contribution in [3.05, 3.63) is 29.8 Å². The largest absolute Gasteiger partial charge is 0.374 e. The lowest BCUT2D eigenvalue weighted by Crippen LogP contribution is -2.31. The lowest BCUT2D eigenvalue weighted by atomic mass is 9.95. The first-order valence-corrected chi connectivity index (χ1v) is 7.38. The van der Waals surface area contributed by atoms with Crippen LogP contribution in [0.3, 0.4) is 0 Å². The van der Waals surface area contributed by atoms with E-state index in [9.17, 15) is 0 Å². The first kappa shape index (κ1) is 16.0. The quantitative estimate of drug-likeness (QED) is 0.825. The predicted molar refractivity (Wildman–Crippen MR) is 85.9 cm³/mol. The third-order valence-corrected chi connectivity index (χ3v) is 3.23. The van der Waals surface area contributed by atoms with Crippen molar-refractivity contribution in [2.24, 2.45) is 5.41 Å². The Labute approximate surface area is 119 Å². The van der Waals surface area contributed by atoms with E-state index in [1.54, 1.807) is 0 Å². The van der Waals surface area contributed by atoms with Crippen LogP contribution in [0, 0.1) is 5.41 Å². The Bertz CT molecular complexity index is 379. The standard InChI is InChI=1S/C17H30N2/c1-7-12-18-14(2)15-10-8-9-11-16(15)19(6)13-17(3,4)5/h8-11,14,18H,7,12-13H2,1-6H3. The zero-order valence-corrected chi connectivity index (χ0v) is 13.5. The van der Waals surface area contributed by atoms with Gasteiger partial charge in [0.05, 0.1) is 0 Å². The van der Waals surface area contributed by atoms with Crippen LogP contribution < -0.4 is 10.2 Å². The Morgan fingerprint density at radius 1 is 1.21 bits per heavy atom. The molecule has 0 fully saturated rings. The van der Waals surface area contributed by atoms with Crippen LogP contribution in [0.4, 0.5) is 5.69 Å². The number of rotatable bonds is 6. The maximum absolute atomic E-state index is 3.58. The van der Waals surface area contributed by atoms with Crippen LogP contribution in [0.15, 0.2) is 24.3 Å². The Morgan fingerprint density at radius 2 is 1.84 bits per heavy atom. The summed E-state index contributed by atoms with van der Waals surface area (Å²) in [6, 6.07) is 9.13. The van der Waals surface area contributed by atoms with E-state index in [-0.39, 0.29) is 0 Å². The summed E-state index contributed by atoms with van der Waals surface area (Å²) in [5.74, 6) is 0. The minimum Gasteiger partial charge on any atom is -0.374 e. The SMILES string of the molecule is CCCNC(C)c1ccccc1N(C)CC(C)(C)C. The lowest BCUT2D eigenvalue weighted by Gasteiger charge is -2.31. The maximum atomic E-state index is 3.58. The summed E-state index contributed by atoms with van der Waals surface area (Å²) < 4.78 is 0. The van der Waals surface area contributed by atoms with Gasteiger partial charge in [0.25, 0.3) is 0 Å². The molecule has 19 heavy (non-hydrogen) atoms. The number of hydrogen-bond acceptors (Lipinski definition) is 2. The van der Waals surface area contributed by atoms with Crippen LogP contribution in [0.25, 0.3) is 0 Å². The van der Waals surface area contributed by atoms with E-state index in [1.807, 2.05) is 0 Å². The molecule has 0 radical (unpaired) electrons. The van der Waals surface area contributed by atoms with Crippen LogP contribution in [-0.2, 0) is 0 Å². The summed E-state index contributed by atoms with van der Waals surface area (Å²) in [4.78, 5) is 2.37. The molecule has 1 aromatic carbocycles. The molecule has 0 aliphatic carbocycles. The molecule has 0 aromatic heterocycles. The van der Waals surface area contributed by atoms with Crippen molar-refractivity contribution in [2.75, 3.05) is 25.0 Å².